The summed E-state index contributed by atoms with van der Waals surface area (Å²) in [4.78, 5) is 13.1. The van der Waals surface area contributed by atoms with Gasteiger partial charge in [0.2, 0.25) is 0 Å². The molecule has 0 aliphatic carbocycles. The van der Waals surface area contributed by atoms with Crippen molar-refractivity contribution in [2.45, 2.75) is 13.0 Å². The van der Waals surface area contributed by atoms with Gasteiger partial charge in [-0.2, -0.15) is 5.26 Å². The third-order valence-corrected chi connectivity index (χ3v) is 2.60. The fraction of sp³-hybridized carbons (Fsp3) is 0.231. The molecule has 1 heterocycles. The molecule has 1 aliphatic rings. The molecule has 1 amide bonds. The zero-order valence-electron chi connectivity index (χ0n) is 9.83. The largest absolute Gasteiger partial charge is 0.508 e. The molecular weight excluding hydrogens is 232 g/mol. The van der Waals surface area contributed by atoms with Crippen LogP contribution in [-0.4, -0.2) is 23.8 Å². The molecule has 2 rings (SSSR count). The lowest BCUT2D eigenvalue weighted by Crippen LogP contribution is -2.40. The van der Waals surface area contributed by atoms with Gasteiger partial charge in [0.15, 0.2) is 0 Å². The molecular formula is C13H12N2O3. The van der Waals surface area contributed by atoms with E-state index in [9.17, 15) is 9.90 Å². The maximum Gasteiger partial charge on any atom is 0.415 e. The SMILES string of the molecule is CCOC(=O)N1c2ccc(O)cc2C=CC1C#N. The number of benzene rings is 1. The van der Waals surface area contributed by atoms with Gasteiger partial charge in [0.1, 0.15) is 11.8 Å². The van der Waals surface area contributed by atoms with Crippen molar-refractivity contribution in [2.75, 3.05) is 11.5 Å². The predicted molar refractivity (Wildman–Crippen MR) is 66.0 cm³/mol. The lowest BCUT2D eigenvalue weighted by molar-refractivity contribution is 0.159. The third-order valence-electron chi connectivity index (χ3n) is 2.60. The van der Waals surface area contributed by atoms with Crippen molar-refractivity contribution in [3.8, 4) is 11.8 Å². The van der Waals surface area contributed by atoms with Crippen LogP contribution in [0.25, 0.3) is 6.08 Å². The zero-order valence-corrected chi connectivity index (χ0v) is 9.83. The summed E-state index contributed by atoms with van der Waals surface area (Å²) in [5.74, 6) is 0.109. The van der Waals surface area contributed by atoms with E-state index in [0.29, 0.717) is 11.3 Å². The lowest BCUT2D eigenvalue weighted by atomic mass is 10.0. The number of phenols is 1. The number of amides is 1. The van der Waals surface area contributed by atoms with Gasteiger partial charge in [0.25, 0.3) is 0 Å². The maximum absolute atomic E-state index is 11.9. The van der Waals surface area contributed by atoms with Crippen molar-refractivity contribution in [1.82, 2.24) is 0 Å². The first-order valence-corrected chi connectivity index (χ1v) is 5.54. The molecule has 1 aliphatic heterocycles. The van der Waals surface area contributed by atoms with E-state index in [-0.39, 0.29) is 12.4 Å². The third kappa shape index (κ3) is 2.00. The van der Waals surface area contributed by atoms with E-state index in [1.807, 2.05) is 6.07 Å². The summed E-state index contributed by atoms with van der Waals surface area (Å²) < 4.78 is 4.94. The molecule has 0 aromatic heterocycles. The van der Waals surface area contributed by atoms with Crippen LogP contribution < -0.4 is 4.90 Å². The highest BCUT2D eigenvalue weighted by Gasteiger charge is 2.29. The quantitative estimate of drug-likeness (QED) is 0.822. The van der Waals surface area contributed by atoms with E-state index >= 15 is 0 Å². The number of rotatable bonds is 1. The Kier molecular flexibility index (Phi) is 3.20. The van der Waals surface area contributed by atoms with Gasteiger partial charge in [0, 0.05) is 5.56 Å². The molecule has 1 unspecified atom stereocenters. The fourth-order valence-corrected chi connectivity index (χ4v) is 1.83. The monoisotopic (exact) mass is 244 g/mol. The molecule has 92 valence electrons. The van der Waals surface area contributed by atoms with E-state index in [1.54, 1.807) is 25.1 Å². The Balaban J connectivity index is 2.46. The molecule has 0 saturated carbocycles. The minimum atomic E-state index is -0.693. The van der Waals surface area contributed by atoms with Crippen LogP contribution in [0.15, 0.2) is 24.3 Å². The van der Waals surface area contributed by atoms with Gasteiger partial charge in [0.05, 0.1) is 18.4 Å². The Morgan fingerprint density at radius 1 is 1.61 bits per heavy atom. The van der Waals surface area contributed by atoms with Gasteiger partial charge in [-0.15, -0.1) is 0 Å². The second kappa shape index (κ2) is 4.80. The van der Waals surface area contributed by atoms with Gasteiger partial charge in [-0.25, -0.2) is 4.79 Å². The van der Waals surface area contributed by atoms with Crippen LogP contribution in [0, 0.1) is 11.3 Å². The van der Waals surface area contributed by atoms with Crippen molar-refractivity contribution in [3.63, 3.8) is 0 Å². The summed E-state index contributed by atoms with van der Waals surface area (Å²) in [5.41, 5.74) is 1.23. The number of carbonyl (C=O) groups is 1. The van der Waals surface area contributed by atoms with Crippen LogP contribution in [0.5, 0.6) is 5.75 Å². The standard InChI is InChI=1S/C13H12N2O3/c1-2-18-13(17)15-10(8-14)4-3-9-7-11(16)5-6-12(9)15/h3-7,10,16H,2H2,1H3. The first kappa shape index (κ1) is 12.0. The van der Waals surface area contributed by atoms with Gasteiger partial charge in [-0.3, -0.25) is 4.90 Å². The molecule has 1 atom stereocenters. The Morgan fingerprint density at radius 2 is 2.39 bits per heavy atom. The number of hydrogen-bond donors (Lipinski definition) is 1. The molecule has 5 heteroatoms. The summed E-state index contributed by atoms with van der Waals surface area (Å²) >= 11 is 0. The number of phenolic OH excluding ortho intramolecular Hbond substituents is 1. The van der Waals surface area contributed by atoms with Crippen LogP contribution >= 0.6 is 0 Å². The van der Waals surface area contributed by atoms with E-state index in [4.69, 9.17) is 10.00 Å². The molecule has 1 aromatic rings. The molecule has 0 fully saturated rings. The Bertz CT molecular complexity index is 546. The van der Waals surface area contributed by atoms with Gasteiger partial charge in [-0.1, -0.05) is 6.08 Å². The highest BCUT2D eigenvalue weighted by Crippen LogP contribution is 2.32. The second-order valence-electron chi connectivity index (χ2n) is 3.75. The number of anilines is 1. The Morgan fingerprint density at radius 3 is 3.06 bits per heavy atom. The number of nitriles is 1. The molecule has 0 saturated heterocycles. The molecule has 0 radical (unpaired) electrons. The summed E-state index contributed by atoms with van der Waals surface area (Å²) in [6.07, 6.45) is 2.73. The van der Waals surface area contributed by atoms with E-state index in [2.05, 4.69) is 0 Å². The molecule has 5 nitrogen and oxygen atoms in total. The zero-order chi connectivity index (χ0) is 13.1. The number of hydrogen-bond acceptors (Lipinski definition) is 4. The average molecular weight is 244 g/mol. The van der Waals surface area contributed by atoms with E-state index in [1.165, 1.54) is 17.0 Å². The Labute approximate surface area is 105 Å². The van der Waals surface area contributed by atoms with Gasteiger partial charge >= 0.3 is 6.09 Å². The van der Waals surface area contributed by atoms with Crippen LogP contribution in [0.1, 0.15) is 12.5 Å². The van der Waals surface area contributed by atoms with Crippen molar-refractivity contribution in [1.29, 1.82) is 5.26 Å². The van der Waals surface area contributed by atoms with E-state index in [0.717, 1.165) is 0 Å². The molecule has 1 N–H and O–H groups in total. The van der Waals surface area contributed by atoms with Crippen LogP contribution in [-0.2, 0) is 4.74 Å². The lowest BCUT2D eigenvalue weighted by Gasteiger charge is -2.29. The highest BCUT2D eigenvalue weighted by molar-refractivity contribution is 5.94. The van der Waals surface area contributed by atoms with Crippen molar-refractivity contribution < 1.29 is 14.6 Å². The number of nitrogens with zero attached hydrogens (tertiary/aromatic N) is 2. The first-order chi connectivity index (χ1) is 8.67. The van der Waals surface area contributed by atoms with Crippen molar-refractivity contribution >= 4 is 17.9 Å². The predicted octanol–water partition coefficient (Wildman–Crippen LogP) is 2.27. The Hall–Kier alpha value is -2.48. The van der Waals surface area contributed by atoms with Gasteiger partial charge < -0.3 is 9.84 Å². The number of carbonyl (C=O) groups excluding carboxylic acids is 1. The number of ether oxygens (including phenoxy) is 1. The molecule has 0 spiro atoms. The summed E-state index contributed by atoms with van der Waals surface area (Å²) in [5, 5.41) is 18.5. The maximum atomic E-state index is 11.9. The number of fused-ring (bicyclic) bond motifs is 1. The smallest absolute Gasteiger partial charge is 0.415 e. The molecule has 18 heavy (non-hydrogen) atoms. The summed E-state index contributed by atoms with van der Waals surface area (Å²) in [6, 6.07) is 5.93. The van der Waals surface area contributed by atoms with Crippen LogP contribution in [0.4, 0.5) is 10.5 Å². The number of aromatic hydroxyl groups is 1. The average Bonchev–Trinajstić information content (AvgIpc) is 2.37. The molecule has 1 aromatic carbocycles. The minimum Gasteiger partial charge on any atom is -0.508 e. The van der Waals surface area contributed by atoms with E-state index < -0.39 is 12.1 Å². The van der Waals surface area contributed by atoms with Crippen LogP contribution in [0.3, 0.4) is 0 Å². The first-order valence-electron chi connectivity index (χ1n) is 5.54. The van der Waals surface area contributed by atoms with Crippen molar-refractivity contribution in [2.24, 2.45) is 0 Å². The van der Waals surface area contributed by atoms with Crippen molar-refractivity contribution in [3.05, 3.63) is 29.8 Å². The normalized spacial score (nSPS) is 16.9. The van der Waals surface area contributed by atoms with Crippen LogP contribution in [0.2, 0.25) is 0 Å². The summed E-state index contributed by atoms with van der Waals surface area (Å²) in [7, 11) is 0. The highest BCUT2D eigenvalue weighted by atomic mass is 16.6. The fourth-order valence-electron chi connectivity index (χ4n) is 1.83. The van der Waals surface area contributed by atoms with Gasteiger partial charge in [-0.05, 0) is 31.2 Å². The molecule has 0 bridgehead atoms. The topological polar surface area (TPSA) is 73.6 Å². The second-order valence-corrected chi connectivity index (χ2v) is 3.75. The summed E-state index contributed by atoms with van der Waals surface area (Å²) in [6.45, 7) is 1.95. The minimum absolute atomic E-state index is 0.109.